The predicted octanol–water partition coefficient (Wildman–Crippen LogP) is 2.54. The number of rotatable bonds is 4. The lowest BCUT2D eigenvalue weighted by molar-refractivity contribution is 1.10. The van der Waals surface area contributed by atoms with Crippen molar-refractivity contribution in [2.45, 2.75) is 26.7 Å². The third kappa shape index (κ3) is 7.91. The van der Waals surface area contributed by atoms with Crippen LogP contribution >= 0.6 is 11.8 Å². The molecular weight excluding hydrogens is 128 g/mol. The largest absolute Gasteiger partial charge is 0.161 e. The van der Waals surface area contributed by atoms with Crippen molar-refractivity contribution in [2.24, 2.45) is 0 Å². The SMILES string of the molecule is CC#CCCSCCC. The first-order chi connectivity index (χ1) is 4.41. The van der Waals surface area contributed by atoms with E-state index in [-0.39, 0.29) is 0 Å². The Balaban J connectivity index is 2.80. The first-order valence-electron chi connectivity index (χ1n) is 3.39. The molecule has 0 rings (SSSR count). The number of hydrogen-bond acceptors (Lipinski definition) is 1. The van der Waals surface area contributed by atoms with Gasteiger partial charge in [0.15, 0.2) is 0 Å². The van der Waals surface area contributed by atoms with Crippen molar-refractivity contribution in [3.05, 3.63) is 0 Å². The van der Waals surface area contributed by atoms with E-state index >= 15 is 0 Å². The molecule has 0 aliphatic rings. The summed E-state index contributed by atoms with van der Waals surface area (Å²) in [6.07, 6.45) is 2.34. The van der Waals surface area contributed by atoms with Gasteiger partial charge in [-0.3, -0.25) is 0 Å². The van der Waals surface area contributed by atoms with Gasteiger partial charge in [0.1, 0.15) is 0 Å². The molecule has 52 valence electrons. The fourth-order valence-corrected chi connectivity index (χ4v) is 1.23. The molecule has 0 saturated heterocycles. The second-order valence-electron chi connectivity index (χ2n) is 1.79. The molecule has 0 atom stereocenters. The normalized spacial score (nSPS) is 8.22. The topological polar surface area (TPSA) is 0 Å². The van der Waals surface area contributed by atoms with Gasteiger partial charge in [-0.2, -0.15) is 11.8 Å². The maximum Gasteiger partial charge on any atom is 0.0179 e. The molecule has 0 unspecified atom stereocenters. The third-order valence-corrected chi connectivity index (χ3v) is 2.09. The second kappa shape index (κ2) is 7.91. The van der Waals surface area contributed by atoms with Gasteiger partial charge in [-0.1, -0.05) is 6.92 Å². The standard InChI is InChI=1S/C8H14S/c1-3-5-6-8-9-7-4-2/h4,6-8H2,1-2H3. The van der Waals surface area contributed by atoms with Crippen LogP contribution in [0.1, 0.15) is 26.7 Å². The Morgan fingerprint density at radius 1 is 1.33 bits per heavy atom. The van der Waals surface area contributed by atoms with Crippen molar-refractivity contribution in [1.82, 2.24) is 0 Å². The van der Waals surface area contributed by atoms with E-state index in [9.17, 15) is 0 Å². The van der Waals surface area contributed by atoms with Crippen LogP contribution in [0.5, 0.6) is 0 Å². The van der Waals surface area contributed by atoms with Crippen LogP contribution in [0.2, 0.25) is 0 Å². The van der Waals surface area contributed by atoms with E-state index in [0.717, 1.165) is 6.42 Å². The molecule has 0 aromatic rings. The first kappa shape index (κ1) is 8.91. The van der Waals surface area contributed by atoms with Crippen LogP contribution in [0, 0.1) is 11.8 Å². The Bertz CT molecular complexity index is 96.9. The van der Waals surface area contributed by atoms with E-state index in [1.165, 1.54) is 17.9 Å². The summed E-state index contributed by atoms with van der Waals surface area (Å²) in [5.41, 5.74) is 0. The summed E-state index contributed by atoms with van der Waals surface area (Å²) in [4.78, 5) is 0. The molecule has 0 N–H and O–H groups in total. The van der Waals surface area contributed by atoms with Gasteiger partial charge in [0.25, 0.3) is 0 Å². The van der Waals surface area contributed by atoms with E-state index in [1.807, 2.05) is 18.7 Å². The van der Waals surface area contributed by atoms with Gasteiger partial charge in [0.2, 0.25) is 0 Å². The Labute approximate surface area is 62.4 Å². The minimum atomic E-state index is 1.06. The van der Waals surface area contributed by atoms with Gasteiger partial charge in [-0.05, 0) is 19.1 Å². The summed E-state index contributed by atoms with van der Waals surface area (Å²) in [6, 6.07) is 0. The summed E-state index contributed by atoms with van der Waals surface area (Å²) < 4.78 is 0. The van der Waals surface area contributed by atoms with E-state index in [2.05, 4.69) is 18.8 Å². The zero-order valence-corrected chi connectivity index (χ0v) is 7.05. The fraction of sp³-hybridized carbons (Fsp3) is 0.750. The van der Waals surface area contributed by atoms with E-state index in [0.29, 0.717) is 0 Å². The molecule has 0 radical (unpaired) electrons. The first-order valence-corrected chi connectivity index (χ1v) is 4.54. The summed E-state index contributed by atoms with van der Waals surface area (Å²) in [5, 5.41) is 0. The number of hydrogen-bond donors (Lipinski definition) is 0. The van der Waals surface area contributed by atoms with Crippen molar-refractivity contribution < 1.29 is 0 Å². The zero-order chi connectivity index (χ0) is 6.95. The Morgan fingerprint density at radius 2 is 2.11 bits per heavy atom. The highest BCUT2D eigenvalue weighted by molar-refractivity contribution is 7.99. The highest BCUT2D eigenvalue weighted by Gasteiger charge is 1.82. The monoisotopic (exact) mass is 142 g/mol. The maximum atomic E-state index is 3.04. The molecule has 0 nitrogen and oxygen atoms in total. The quantitative estimate of drug-likeness (QED) is 0.429. The van der Waals surface area contributed by atoms with Gasteiger partial charge >= 0.3 is 0 Å². The van der Waals surface area contributed by atoms with Crippen LogP contribution in [0.3, 0.4) is 0 Å². The minimum absolute atomic E-state index is 1.06. The third-order valence-electron chi connectivity index (χ3n) is 0.897. The average Bonchev–Trinajstić information content (AvgIpc) is 1.89. The van der Waals surface area contributed by atoms with Crippen LogP contribution in [0.25, 0.3) is 0 Å². The summed E-state index contributed by atoms with van der Waals surface area (Å²) in [7, 11) is 0. The van der Waals surface area contributed by atoms with Gasteiger partial charge < -0.3 is 0 Å². The summed E-state index contributed by atoms with van der Waals surface area (Å²) in [6.45, 7) is 4.10. The van der Waals surface area contributed by atoms with E-state index in [1.54, 1.807) is 0 Å². The lowest BCUT2D eigenvalue weighted by atomic mass is 10.5. The molecule has 0 aliphatic heterocycles. The molecule has 0 saturated carbocycles. The zero-order valence-electron chi connectivity index (χ0n) is 6.24. The molecule has 9 heavy (non-hydrogen) atoms. The average molecular weight is 142 g/mol. The Kier molecular flexibility index (Phi) is 7.83. The van der Waals surface area contributed by atoms with Gasteiger partial charge in [-0.15, -0.1) is 11.8 Å². The van der Waals surface area contributed by atoms with Crippen molar-refractivity contribution in [3.63, 3.8) is 0 Å². The van der Waals surface area contributed by atoms with Crippen molar-refractivity contribution in [2.75, 3.05) is 11.5 Å². The highest BCUT2D eigenvalue weighted by Crippen LogP contribution is 2.02. The van der Waals surface area contributed by atoms with Gasteiger partial charge in [-0.25, -0.2) is 0 Å². The lowest BCUT2D eigenvalue weighted by Crippen LogP contribution is -1.78. The van der Waals surface area contributed by atoms with Gasteiger partial charge in [0, 0.05) is 12.2 Å². The lowest BCUT2D eigenvalue weighted by Gasteiger charge is -1.91. The van der Waals surface area contributed by atoms with Crippen molar-refractivity contribution in [1.29, 1.82) is 0 Å². The minimum Gasteiger partial charge on any atom is -0.161 e. The molecule has 0 bridgehead atoms. The molecular formula is C8H14S. The second-order valence-corrected chi connectivity index (χ2v) is 3.01. The molecule has 1 heteroatoms. The fourth-order valence-electron chi connectivity index (χ4n) is 0.495. The molecule has 0 fully saturated rings. The predicted molar refractivity (Wildman–Crippen MR) is 45.7 cm³/mol. The van der Waals surface area contributed by atoms with Crippen LogP contribution in [0.15, 0.2) is 0 Å². The van der Waals surface area contributed by atoms with E-state index in [4.69, 9.17) is 0 Å². The Morgan fingerprint density at radius 3 is 2.67 bits per heavy atom. The molecule has 0 heterocycles. The van der Waals surface area contributed by atoms with Crippen LogP contribution in [0.4, 0.5) is 0 Å². The molecule has 0 aliphatic carbocycles. The van der Waals surface area contributed by atoms with E-state index < -0.39 is 0 Å². The number of thioether (sulfide) groups is 1. The molecule has 0 spiro atoms. The van der Waals surface area contributed by atoms with Crippen LogP contribution in [-0.2, 0) is 0 Å². The summed E-state index contributed by atoms with van der Waals surface area (Å²) in [5.74, 6) is 8.40. The molecule has 0 aromatic carbocycles. The van der Waals surface area contributed by atoms with Crippen LogP contribution in [-0.4, -0.2) is 11.5 Å². The van der Waals surface area contributed by atoms with Crippen molar-refractivity contribution >= 4 is 11.8 Å². The van der Waals surface area contributed by atoms with Crippen LogP contribution < -0.4 is 0 Å². The molecule has 0 aromatic heterocycles. The van der Waals surface area contributed by atoms with Crippen molar-refractivity contribution in [3.8, 4) is 11.8 Å². The smallest absolute Gasteiger partial charge is 0.0179 e. The Hall–Kier alpha value is -0.0900. The summed E-state index contributed by atoms with van der Waals surface area (Å²) >= 11 is 1.99. The highest BCUT2D eigenvalue weighted by atomic mass is 32.2. The maximum absolute atomic E-state index is 3.04. The van der Waals surface area contributed by atoms with Gasteiger partial charge in [0.05, 0.1) is 0 Å². The molecule has 0 amide bonds.